The molecule has 24 nitrogen and oxygen atoms in total. The van der Waals surface area contributed by atoms with Gasteiger partial charge in [-0.3, -0.25) is 9.59 Å². The Hall–Kier alpha value is -2.93. The third-order valence-electron chi connectivity index (χ3n) is 20.0. The van der Waals surface area contributed by atoms with Crippen molar-refractivity contribution in [2.45, 2.75) is 239 Å². The molecule has 5 saturated heterocycles. The van der Waals surface area contributed by atoms with Crippen LogP contribution in [-0.4, -0.2) is 232 Å². The van der Waals surface area contributed by atoms with Gasteiger partial charge in [-0.1, -0.05) is 32.0 Å². The number of ether oxygens (including phenoxy) is 13. The van der Waals surface area contributed by atoms with Gasteiger partial charge in [0, 0.05) is 44.8 Å². The quantitative estimate of drug-likeness (QED) is 0.0610. The fraction of sp³-hybridized carbons (Fsp3) is 0.839. The molecule has 0 amide bonds. The molecule has 8 N–H and O–H groups in total. The third kappa shape index (κ3) is 9.99. The van der Waals surface area contributed by atoms with Crippen molar-refractivity contribution in [3.05, 3.63) is 35.9 Å². The van der Waals surface area contributed by atoms with Crippen molar-refractivity contribution in [1.29, 1.82) is 0 Å². The van der Waals surface area contributed by atoms with E-state index in [0.717, 1.165) is 6.42 Å². The summed E-state index contributed by atoms with van der Waals surface area (Å²) in [6.45, 7) is 9.05. The van der Waals surface area contributed by atoms with Crippen LogP contribution in [0.3, 0.4) is 0 Å². The largest absolute Gasteiger partial charge is 0.458 e. The molecule has 29 unspecified atom stereocenters. The Labute approximate surface area is 464 Å². The Kier molecular flexibility index (Phi) is 17.4. The molecule has 0 bridgehead atoms. The molecule has 9 fully saturated rings. The molecule has 450 valence electrons. The van der Waals surface area contributed by atoms with E-state index < -0.39 is 182 Å². The highest BCUT2D eigenvalue weighted by atomic mass is 16.8. The van der Waals surface area contributed by atoms with Crippen molar-refractivity contribution >= 4 is 17.7 Å². The Balaban J connectivity index is 0.783. The van der Waals surface area contributed by atoms with E-state index in [2.05, 4.69) is 6.92 Å². The summed E-state index contributed by atoms with van der Waals surface area (Å²) in [5.41, 5.74) is -2.49. The maximum atomic E-state index is 14.2. The summed E-state index contributed by atoms with van der Waals surface area (Å²) >= 11 is 0. The highest BCUT2D eigenvalue weighted by Gasteiger charge is 2.91. The fourth-order valence-corrected chi connectivity index (χ4v) is 16.1. The lowest BCUT2D eigenvalue weighted by molar-refractivity contribution is -0.384. The number of fused-ring (bicyclic) bond motifs is 2. The van der Waals surface area contributed by atoms with E-state index in [1.807, 2.05) is 13.0 Å². The fourth-order valence-electron chi connectivity index (χ4n) is 16.1. The lowest BCUT2D eigenvalue weighted by Gasteiger charge is -2.61. The van der Waals surface area contributed by atoms with Crippen molar-refractivity contribution in [3.8, 4) is 0 Å². The average molecular weight is 1140 g/mol. The van der Waals surface area contributed by atoms with E-state index in [0.29, 0.717) is 44.1 Å². The van der Waals surface area contributed by atoms with Crippen LogP contribution in [0.15, 0.2) is 30.3 Å². The third-order valence-corrected chi connectivity index (χ3v) is 20.0. The van der Waals surface area contributed by atoms with Crippen molar-refractivity contribution in [3.63, 3.8) is 0 Å². The van der Waals surface area contributed by atoms with E-state index in [9.17, 15) is 55.2 Å². The molecule has 24 heteroatoms. The molecule has 0 aromatic heterocycles. The van der Waals surface area contributed by atoms with E-state index >= 15 is 0 Å². The number of aliphatic hydroxyl groups excluding tert-OH is 8. The maximum Gasteiger partial charge on any atom is 0.338 e. The van der Waals surface area contributed by atoms with E-state index in [1.54, 1.807) is 52.1 Å². The van der Waals surface area contributed by atoms with Crippen molar-refractivity contribution in [2.24, 2.45) is 28.6 Å². The van der Waals surface area contributed by atoms with Crippen LogP contribution >= 0.6 is 0 Å². The lowest BCUT2D eigenvalue weighted by atomic mass is 9.43. The van der Waals surface area contributed by atoms with Gasteiger partial charge in [0.15, 0.2) is 25.2 Å². The highest BCUT2D eigenvalue weighted by Crippen LogP contribution is 2.81. The van der Waals surface area contributed by atoms with Crippen LogP contribution in [0, 0.1) is 28.6 Å². The van der Waals surface area contributed by atoms with Crippen LogP contribution < -0.4 is 0 Å². The minimum absolute atomic E-state index is 0.0157. The predicted octanol–water partition coefficient (Wildman–Crippen LogP) is -0.0629. The smallest absolute Gasteiger partial charge is 0.338 e. The molecule has 29 atom stereocenters. The molecule has 1 aromatic carbocycles. The first-order valence-electron chi connectivity index (χ1n) is 28.3. The van der Waals surface area contributed by atoms with Crippen molar-refractivity contribution in [1.82, 2.24) is 0 Å². The maximum absolute atomic E-state index is 14.2. The van der Waals surface area contributed by atoms with Crippen LogP contribution in [0.5, 0.6) is 0 Å². The van der Waals surface area contributed by atoms with Gasteiger partial charge in [-0.05, 0) is 89.2 Å². The number of hydrogen-bond donors (Lipinski definition) is 8. The number of Topliss-reactive ketones (excluding diaryl/α,β-unsaturated/α-hetero) is 1. The van der Waals surface area contributed by atoms with Gasteiger partial charge in [0.25, 0.3) is 0 Å². The van der Waals surface area contributed by atoms with Gasteiger partial charge in [-0.2, -0.15) is 0 Å². The molecule has 4 aliphatic carbocycles. The SMILES string of the molecule is COC1CC(OC2CCC3(C)C(CCC45OC46CCC(C(C)=O)C6(C)C(OC(C)=O)C(OC(=O)c4ccccc4)C35)C2)OC(C)C1OC1OC(C)C(OC2OC(CO)C(OC3OC(CO)C(O)C(O)C3O)C(O)C2O)C(OC)C1O. The zero-order valence-electron chi connectivity index (χ0n) is 46.5. The van der Waals surface area contributed by atoms with Gasteiger partial charge in [0.1, 0.15) is 102 Å². The normalized spacial score (nSPS) is 50.7. The van der Waals surface area contributed by atoms with E-state index in [1.165, 1.54) is 14.0 Å². The number of methoxy groups -OCH3 is 2. The van der Waals surface area contributed by atoms with Crippen LogP contribution in [0.2, 0.25) is 0 Å². The van der Waals surface area contributed by atoms with Crippen LogP contribution in [0.25, 0.3) is 0 Å². The average Bonchev–Trinajstić information content (AvgIpc) is 3.64. The number of rotatable bonds is 16. The zero-order valence-corrected chi connectivity index (χ0v) is 46.5. The number of carbonyl (C=O) groups excluding carboxylic acids is 3. The Bertz CT molecular complexity index is 2350. The molecule has 9 aliphatic rings. The summed E-state index contributed by atoms with van der Waals surface area (Å²) in [5, 5.41) is 85.2. The first-order valence-corrected chi connectivity index (χ1v) is 28.3. The molecule has 0 radical (unpaired) electrons. The molecule has 1 aromatic rings. The van der Waals surface area contributed by atoms with E-state index in [-0.39, 0.29) is 30.1 Å². The number of hydrogen-bond acceptors (Lipinski definition) is 24. The molecule has 10 rings (SSSR count). The molecule has 5 heterocycles. The summed E-state index contributed by atoms with van der Waals surface area (Å²) in [6.07, 6.45) is -22.7. The highest BCUT2D eigenvalue weighted by molar-refractivity contribution is 5.89. The molecule has 4 saturated carbocycles. The van der Waals surface area contributed by atoms with Gasteiger partial charge in [-0.25, -0.2) is 4.79 Å². The summed E-state index contributed by atoms with van der Waals surface area (Å²) in [7, 11) is 2.87. The topological polar surface area (TPSA) is 336 Å². The van der Waals surface area contributed by atoms with Gasteiger partial charge >= 0.3 is 11.9 Å². The number of ketones is 1. The second-order valence-electron chi connectivity index (χ2n) is 24.2. The predicted molar refractivity (Wildman–Crippen MR) is 269 cm³/mol. The molecule has 80 heavy (non-hydrogen) atoms. The Morgan fingerprint density at radius 1 is 0.625 bits per heavy atom. The van der Waals surface area contributed by atoms with Crippen LogP contribution in [0.4, 0.5) is 0 Å². The first kappa shape index (κ1) is 60.2. The number of epoxide rings is 1. The monoisotopic (exact) mass is 1140 g/mol. The Morgan fingerprint density at radius 2 is 1.26 bits per heavy atom. The number of esters is 2. The summed E-state index contributed by atoms with van der Waals surface area (Å²) in [4.78, 5) is 40.7. The summed E-state index contributed by atoms with van der Waals surface area (Å²) in [5.74, 6) is -1.83. The minimum Gasteiger partial charge on any atom is -0.458 e. The standard InChI is InChI=1S/C56H82O24/c1-24(59)31-16-19-56-54(31,6)48(72-27(4)60)46(76-49(67)28-12-10-9-11-13-28)47-53(5)17-15-30(20-29(53)14-18-55(47,56)80-56)73-35-21-32(68-7)42(25(2)70-35)77-52-41(66)45(69-8)43(26(3)71-52)78-51-40(65)38(63)44(34(23-58)75-51)79-50-39(64)37(62)36(61)33(22-57)74-50/h9-13,25-26,29-48,50-52,57-58,61-66H,14-23H2,1-8H3. The first-order chi connectivity index (χ1) is 38.0. The van der Waals surface area contributed by atoms with Crippen LogP contribution in [0.1, 0.15) is 103 Å². The van der Waals surface area contributed by atoms with E-state index in [4.69, 9.17) is 61.6 Å². The summed E-state index contributed by atoms with van der Waals surface area (Å²) < 4.78 is 81.0. The van der Waals surface area contributed by atoms with Gasteiger partial charge < -0.3 is 102 Å². The van der Waals surface area contributed by atoms with Gasteiger partial charge in [0.2, 0.25) is 0 Å². The summed E-state index contributed by atoms with van der Waals surface area (Å²) in [6, 6.07) is 8.73. The number of aliphatic hydroxyl groups is 8. The number of carbonyl (C=O) groups is 3. The molecular formula is C56H82O24. The zero-order chi connectivity index (χ0) is 57.5. The van der Waals surface area contributed by atoms with Crippen molar-refractivity contribution in [2.75, 3.05) is 27.4 Å². The van der Waals surface area contributed by atoms with Gasteiger partial charge in [0.05, 0.1) is 43.2 Å². The van der Waals surface area contributed by atoms with Gasteiger partial charge in [-0.15, -0.1) is 0 Å². The molecule has 5 aliphatic heterocycles. The lowest BCUT2D eigenvalue weighted by Crippen LogP contribution is -2.70. The van der Waals surface area contributed by atoms with Crippen molar-refractivity contribution < 1.29 is 117 Å². The number of benzene rings is 1. The second kappa shape index (κ2) is 23.2. The van der Waals surface area contributed by atoms with Crippen LogP contribution in [-0.2, 0) is 71.2 Å². The minimum atomic E-state index is -1.86. The molecular weight excluding hydrogens is 1060 g/mol. The molecule has 2 spiro atoms. The Morgan fingerprint density at radius 3 is 1.91 bits per heavy atom. The second-order valence-corrected chi connectivity index (χ2v) is 24.2.